The number of sulfone groups is 1. The van der Waals surface area contributed by atoms with Crippen LogP contribution in [0.25, 0.3) is 0 Å². The van der Waals surface area contributed by atoms with Crippen LogP contribution < -0.4 is 9.64 Å². The molecule has 40 heavy (non-hydrogen) atoms. The van der Waals surface area contributed by atoms with E-state index in [0.717, 1.165) is 36.1 Å². The van der Waals surface area contributed by atoms with Crippen molar-refractivity contribution in [2.45, 2.75) is 49.2 Å². The molecule has 2 N–H and O–H groups in total. The highest BCUT2D eigenvalue weighted by Gasteiger charge is 2.46. The van der Waals surface area contributed by atoms with Crippen LogP contribution in [0, 0.1) is 17.2 Å². The van der Waals surface area contributed by atoms with Crippen molar-refractivity contribution in [1.29, 1.82) is 0 Å². The molecule has 1 heterocycles. The zero-order valence-corrected chi connectivity index (χ0v) is 22.0. The number of nitrogens with zero attached hydrogens (tertiary/aromatic N) is 1. The van der Waals surface area contributed by atoms with Gasteiger partial charge in [-0.3, -0.25) is 4.79 Å². The van der Waals surface area contributed by atoms with Gasteiger partial charge in [0, 0.05) is 30.6 Å². The average Bonchev–Trinajstić information content (AvgIpc) is 2.93. The summed E-state index contributed by atoms with van der Waals surface area (Å²) >= 11 is 0. The number of fused-ring (bicyclic) bond motifs is 1. The Morgan fingerprint density at radius 2 is 1.70 bits per heavy atom. The van der Waals surface area contributed by atoms with Crippen molar-refractivity contribution in [3.8, 4) is 5.75 Å². The Hall–Kier alpha value is -3.07. The number of aliphatic hydroxyl groups excluding tert-OH is 1. The minimum Gasteiger partial charge on any atom is -0.492 e. The van der Waals surface area contributed by atoms with E-state index in [4.69, 9.17) is 4.74 Å². The second-order valence-electron chi connectivity index (χ2n) is 9.98. The summed E-state index contributed by atoms with van der Waals surface area (Å²) in [6.07, 6.45) is -6.76. The van der Waals surface area contributed by atoms with Crippen LogP contribution >= 0.6 is 0 Å². The molecule has 2 aromatic rings. The number of anilines is 2. The lowest BCUT2D eigenvalue weighted by Crippen LogP contribution is -2.37. The number of carbonyl (C=O) groups is 1. The van der Waals surface area contributed by atoms with Gasteiger partial charge in [-0.1, -0.05) is 0 Å². The number of aliphatic carboxylic acids is 1. The minimum absolute atomic E-state index is 0.0410. The Bertz CT molecular complexity index is 1350. The number of halogens is 7. The quantitative estimate of drug-likeness (QED) is 0.362. The molecule has 0 saturated heterocycles. The number of carboxylic acid groups (broad SMARTS) is 1. The van der Waals surface area contributed by atoms with Gasteiger partial charge in [0.1, 0.15) is 23.6 Å². The topological polar surface area (TPSA) is 104 Å². The van der Waals surface area contributed by atoms with Gasteiger partial charge >= 0.3 is 12.1 Å². The molecule has 1 aliphatic rings. The third-order valence-corrected chi connectivity index (χ3v) is 8.47. The summed E-state index contributed by atoms with van der Waals surface area (Å²) in [5.41, 5.74) is -7.14. The number of hydrogen-bond acceptors (Lipinski definition) is 6. The van der Waals surface area contributed by atoms with E-state index in [0.29, 0.717) is 19.1 Å². The molecule has 1 aliphatic heterocycles. The van der Waals surface area contributed by atoms with Crippen LogP contribution in [-0.2, 0) is 20.8 Å². The Balaban J connectivity index is 2.26. The van der Waals surface area contributed by atoms with Crippen LogP contribution in [0.5, 0.6) is 5.75 Å². The van der Waals surface area contributed by atoms with Crippen molar-refractivity contribution >= 4 is 27.2 Å². The van der Waals surface area contributed by atoms with E-state index >= 15 is 4.39 Å². The Morgan fingerprint density at radius 1 is 1.10 bits per heavy atom. The number of aliphatic hydroxyl groups is 1. The fourth-order valence-corrected chi connectivity index (χ4v) is 5.76. The maximum Gasteiger partial charge on any atom is 0.420 e. The average molecular weight is 602 g/mol. The van der Waals surface area contributed by atoms with Crippen LogP contribution in [0.4, 0.5) is 42.1 Å². The first-order valence-electron chi connectivity index (χ1n) is 11.8. The summed E-state index contributed by atoms with van der Waals surface area (Å²) in [4.78, 5) is 11.5. The Kier molecular flexibility index (Phi) is 8.71. The van der Waals surface area contributed by atoms with Crippen molar-refractivity contribution in [3.05, 3.63) is 47.8 Å². The third-order valence-electron chi connectivity index (χ3n) is 6.55. The molecule has 0 aromatic heterocycles. The van der Waals surface area contributed by atoms with E-state index in [1.807, 2.05) is 0 Å². The van der Waals surface area contributed by atoms with Crippen molar-refractivity contribution in [2.24, 2.45) is 11.3 Å². The summed E-state index contributed by atoms with van der Waals surface area (Å²) in [6, 6.07) is 4.83. The predicted molar refractivity (Wildman–Crippen MR) is 129 cm³/mol. The summed E-state index contributed by atoms with van der Waals surface area (Å²) in [5.74, 6) is -8.43. The van der Waals surface area contributed by atoms with Gasteiger partial charge in [-0.15, -0.1) is 0 Å². The number of ether oxygens (including phenoxy) is 1. The number of carboxylic acids is 1. The number of benzene rings is 2. The fraction of sp³-hybridized carbons (Fsp3) is 0.480. The monoisotopic (exact) mass is 601 g/mol. The number of alkyl halides is 6. The second kappa shape index (κ2) is 11.1. The SMILES string of the molecule is CC(F)(F)CC[C@@H]1CN(c2ccc(F)cc2)c2cc(C(F)(F)F)c(OC[C@](C)(CO)C(=O)O)cc2S(=O)(=O)[C@@H]1F. The maximum atomic E-state index is 15.6. The normalized spacial score (nSPS) is 20.8. The van der Waals surface area contributed by atoms with Gasteiger partial charge in [0.15, 0.2) is 0 Å². The molecule has 3 rings (SSSR count). The molecule has 15 heteroatoms. The summed E-state index contributed by atoms with van der Waals surface area (Å²) in [7, 11) is -5.12. The van der Waals surface area contributed by atoms with Crippen molar-refractivity contribution < 1.29 is 58.9 Å². The lowest BCUT2D eigenvalue weighted by molar-refractivity contribution is -0.152. The standard InChI is InChI=1S/C25H26F7NO6S/c1-23(12-34,22(35)36)13-39-19-10-20-18(9-17(19)25(30,31)32)33(16-5-3-15(26)4-6-16)11-14(7-8-24(2,28)29)21(27)40(20,37)38/h3-6,9-10,14,21,34H,7-8,11-13H2,1-2H3,(H,35,36)/t14-,21+,23+/m1/s1. The lowest BCUT2D eigenvalue weighted by atomic mass is 9.93. The van der Waals surface area contributed by atoms with Gasteiger partial charge in [0.25, 0.3) is 0 Å². The first-order chi connectivity index (χ1) is 18.3. The zero-order chi connectivity index (χ0) is 30.3. The van der Waals surface area contributed by atoms with E-state index in [9.17, 15) is 49.8 Å². The van der Waals surface area contributed by atoms with E-state index in [1.165, 1.54) is 0 Å². The number of rotatable bonds is 9. The Labute approximate surface area is 225 Å². The molecule has 0 radical (unpaired) electrons. The van der Waals surface area contributed by atoms with Gasteiger partial charge in [0.05, 0.1) is 22.8 Å². The smallest absolute Gasteiger partial charge is 0.420 e. The second-order valence-corrected chi connectivity index (χ2v) is 12.0. The van der Waals surface area contributed by atoms with Gasteiger partial charge < -0.3 is 19.8 Å². The highest BCUT2D eigenvalue weighted by molar-refractivity contribution is 7.92. The molecular formula is C25H26F7NO6S. The molecule has 2 aromatic carbocycles. The molecule has 0 aliphatic carbocycles. The van der Waals surface area contributed by atoms with Crippen LogP contribution in [0.15, 0.2) is 41.3 Å². The van der Waals surface area contributed by atoms with Gasteiger partial charge in [-0.25, -0.2) is 26.0 Å². The lowest BCUT2D eigenvalue weighted by Gasteiger charge is -2.29. The summed E-state index contributed by atoms with van der Waals surface area (Å²) in [5, 5.41) is 18.7. The molecule has 0 bridgehead atoms. The predicted octanol–water partition coefficient (Wildman–Crippen LogP) is 5.58. The van der Waals surface area contributed by atoms with Crippen LogP contribution in [0.3, 0.4) is 0 Å². The summed E-state index contributed by atoms with van der Waals surface area (Å²) in [6.45, 7) is -1.18. The molecule has 3 atom stereocenters. The van der Waals surface area contributed by atoms with Crippen molar-refractivity contribution in [2.75, 3.05) is 24.7 Å². The first-order valence-corrected chi connectivity index (χ1v) is 13.4. The molecule has 0 fully saturated rings. The summed E-state index contributed by atoms with van der Waals surface area (Å²) < 4.78 is 131. The van der Waals surface area contributed by atoms with Crippen LogP contribution in [-0.4, -0.2) is 55.8 Å². The van der Waals surface area contributed by atoms with Crippen molar-refractivity contribution in [3.63, 3.8) is 0 Å². The number of hydrogen-bond donors (Lipinski definition) is 2. The minimum atomic E-state index is -5.19. The van der Waals surface area contributed by atoms with Crippen LogP contribution in [0.2, 0.25) is 0 Å². The third kappa shape index (κ3) is 6.62. The van der Waals surface area contributed by atoms with Gasteiger partial charge in [-0.2, -0.15) is 13.2 Å². The molecule has 222 valence electrons. The van der Waals surface area contributed by atoms with E-state index in [2.05, 4.69) is 0 Å². The first kappa shape index (κ1) is 31.5. The molecule has 0 spiro atoms. The largest absolute Gasteiger partial charge is 0.492 e. The molecule has 0 saturated carbocycles. The fourth-order valence-electron chi connectivity index (χ4n) is 4.06. The highest BCUT2D eigenvalue weighted by Crippen LogP contribution is 2.47. The van der Waals surface area contributed by atoms with Gasteiger partial charge in [0.2, 0.25) is 21.3 Å². The maximum absolute atomic E-state index is 15.6. The van der Waals surface area contributed by atoms with Crippen molar-refractivity contribution in [1.82, 2.24) is 0 Å². The molecule has 0 unspecified atom stereocenters. The van der Waals surface area contributed by atoms with E-state index in [1.54, 1.807) is 0 Å². The molecule has 7 nitrogen and oxygen atoms in total. The highest BCUT2D eigenvalue weighted by atomic mass is 32.2. The van der Waals surface area contributed by atoms with E-state index < -0.39 is 105 Å². The zero-order valence-electron chi connectivity index (χ0n) is 21.2. The van der Waals surface area contributed by atoms with E-state index in [-0.39, 0.29) is 5.69 Å². The van der Waals surface area contributed by atoms with Crippen LogP contribution in [0.1, 0.15) is 32.3 Å². The molecule has 0 amide bonds. The molecular weight excluding hydrogens is 575 g/mol. The van der Waals surface area contributed by atoms with Gasteiger partial charge in [-0.05, 0) is 50.6 Å². The Morgan fingerprint density at radius 3 is 2.20 bits per heavy atom.